The summed E-state index contributed by atoms with van der Waals surface area (Å²) >= 11 is 0. The number of likely N-dealkylation sites (tertiary alicyclic amines) is 1. The largest absolute Gasteiger partial charge is 0.487 e. The summed E-state index contributed by atoms with van der Waals surface area (Å²) < 4.78 is 18.2. The van der Waals surface area contributed by atoms with Gasteiger partial charge >= 0.3 is 5.97 Å². The molecule has 1 saturated carbocycles. The normalized spacial score (nSPS) is 33.3. The SMILES string of the molecule is CC(=O)O[C@@]12CC[C@@H](N(C)C(=O)/C=C/c3ccoc3)[C@@H]3Oc4cccc5c4[C@@]31CCN(C)[C@@H]2C5. The molecule has 0 unspecified atom stereocenters. The molecule has 3 heterocycles. The molecule has 7 nitrogen and oxygen atoms in total. The van der Waals surface area contributed by atoms with Crippen molar-refractivity contribution in [3.63, 3.8) is 0 Å². The number of benzene rings is 1. The van der Waals surface area contributed by atoms with Crippen molar-refractivity contribution in [2.75, 3.05) is 20.6 Å². The zero-order valence-corrected chi connectivity index (χ0v) is 19.8. The molecule has 5 atom stereocenters. The minimum absolute atomic E-state index is 0.0809. The first-order valence-electron chi connectivity index (χ1n) is 12.0. The summed E-state index contributed by atoms with van der Waals surface area (Å²) in [6, 6.07) is 8.03. The fraction of sp³-hybridized carbons (Fsp3) is 0.481. The first-order chi connectivity index (χ1) is 16.4. The van der Waals surface area contributed by atoms with E-state index in [0.717, 1.165) is 30.7 Å². The maximum atomic E-state index is 13.2. The molecular weight excluding hydrogens is 432 g/mol. The van der Waals surface area contributed by atoms with E-state index in [2.05, 4.69) is 18.0 Å². The maximum Gasteiger partial charge on any atom is 0.303 e. The summed E-state index contributed by atoms with van der Waals surface area (Å²) in [7, 11) is 3.98. The zero-order valence-electron chi connectivity index (χ0n) is 19.8. The van der Waals surface area contributed by atoms with Crippen LogP contribution in [0.2, 0.25) is 0 Å². The Morgan fingerprint density at radius 1 is 1.26 bits per heavy atom. The highest BCUT2D eigenvalue weighted by Gasteiger charge is 2.75. The summed E-state index contributed by atoms with van der Waals surface area (Å²) in [5, 5.41) is 0. The standard InChI is InChI=1S/C27H30N2O5/c1-17(30)34-27-11-9-20(29(3)23(31)8-7-18-10-14-32-16-18)25-26(27)12-13-28(2)22(27)15-19-5-4-6-21(33-25)24(19)26/h4-8,10,14,16,20,22,25H,9,11-13,15H2,1-3H3/b8-7+/t20-,22-,25+,26+,27-/m1/s1. The third-order valence-electron chi connectivity index (χ3n) is 8.69. The number of carbonyl (C=O) groups is 2. The average molecular weight is 463 g/mol. The second-order valence-corrected chi connectivity index (χ2v) is 10.2. The lowest BCUT2D eigenvalue weighted by atomic mass is 9.48. The summed E-state index contributed by atoms with van der Waals surface area (Å²) in [5.74, 6) is 0.545. The fourth-order valence-electron chi connectivity index (χ4n) is 7.34. The molecule has 2 aromatic rings. The number of hydrogen-bond acceptors (Lipinski definition) is 6. The summed E-state index contributed by atoms with van der Waals surface area (Å²) in [6.45, 7) is 2.40. The topological polar surface area (TPSA) is 72.2 Å². The molecule has 1 spiro atoms. The van der Waals surface area contributed by atoms with Crippen molar-refractivity contribution < 1.29 is 23.5 Å². The zero-order chi connectivity index (χ0) is 23.7. The number of carbonyl (C=O) groups excluding carboxylic acids is 2. The van der Waals surface area contributed by atoms with E-state index in [9.17, 15) is 9.59 Å². The number of furan rings is 1. The highest BCUT2D eigenvalue weighted by molar-refractivity contribution is 5.92. The van der Waals surface area contributed by atoms with Crippen LogP contribution in [0, 0.1) is 0 Å². The lowest BCUT2D eigenvalue weighted by Gasteiger charge is -2.65. The Kier molecular flexibility index (Phi) is 4.72. The van der Waals surface area contributed by atoms with Crippen LogP contribution in [0.5, 0.6) is 5.75 Å². The van der Waals surface area contributed by atoms with Gasteiger partial charge in [-0.2, -0.15) is 0 Å². The number of amides is 1. The van der Waals surface area contributed by atoms with Crippen LogP contribution in [0.15, 0.2) is 47.3 Å². The van der Waals surface area contributed by atoms with Crippen molar-refractivity contribution >= 4 is 18.0 Å². The monoisotopic (exact) mass is 462 g/mol. The molecule has 1 aromatic carbocycles. The Bertz CT molecular complexity index is 1170. The number of nitrogens with zero attached hydrogens (tertiary/aromatic N) is 2. The van der Waals surface area contributed by atoms with Crippen molar-refractivity contribution in [2.24, 2.45) is 0 Å². The van der Waals surface area contributed by atoms with Gasteiger partial charge in [0, 0.05) is 31.2 Å². The van der Waals surface area contributed by atoms with Crippen LogP contribution in [0.4, 0.5) is 0 Å². The number of ether oxygens (including phenoxy) is 2. The van der Waals surface area contributed by atoms with Crippen LogP contribution in [0.3, 0.4) is 0 Å². The first-order valence-corrected chi connectivity index (χ1v) is 12.0. The Morgan fingerprint density at radius 3 is 2.88 bits per heavy atom. The highest BCUT2D eigenvalue weighted by atomic mass is 16.6. The molecule has 0 N–H and O–H groups in total. The second-order valence-electron chi connectivity index (χ2n) is 10.2. The molecule has 2 fully saturated rings. The highest BCUT2D eigenvalue weighted by Crippen LogP contribution is 2.65. The van der Waals surface area contributed by atoms with Gasteiger partial charge in [0.2, 0.25) is 5.91 Å². The molecule has 1 amide bonds. The Labute approximate surface area is 199 Å². The average Bonchev–Trinajstić information content (AvgIpc) is 3.44. The van der Waals surface area contributed by atoms with Gasteiger partial charge in [-0.05, 0) is 63.0 Å². The summed E-state index contributed by atoms with van der Waals surface area (Å²) in [4.78, 5) is 29.8. The Hall–Kier alpha value is -3.06. The molecule has 1 saturated heterocycles. The molecule has 4 aliphatic rings. The van der Waals surface area contributed by atoms with Gasteiger partial charge in [-0.25, -0.2) is 0 Å². The van der Waals surface area contributed by atoms with Crippen molar-refractivity contribution in [2.45, 2.75) is 61.8 Å². The lowest BCUT2D eigenvalue weighted by molar-refractivity contribution is -0.220. The maximum absolute atomic E-state index is 13.2. The molecule has 2 aliphatic heterocycles. The number of hydrogen-bond donors (Lipinski definition) is 0. The number of piperidine rings is 1. The second kappa shape index (κ2) is 7.47. The van der Waals surface area contributed by atoms with E-state index < -0.39 is 11.0 Å². The molecule has 178 valence electrons. The van der Waals surface area contributed by atoms with E-state index in [1.54, 1.807) is 29.6 Å². The molecule has 2 aliphatic carbocycles. The number of rotatable bonds is 4. The summed E-state index contributed by atoms with van der Waals surface area (Å²) in [6.07, 6.45) is 9.33. The molecule has 1 aromatic heterocycles. The van der Waals surface area contributed by atoms with Gasteiger partial charge in [0.25, 0.3) is 0 Å². The third-order valence-corrected chi connectivity index (χ3v) is 8.69. The predicted octanol–water partition coefficient (Wildman–Crippen LogP) is 3.17. The van der Waals surface area contributed by atoms with E-state index >= 15 is 0 Å². The molecule has 7 heteroatoms. The van der Waals surface area contributed by atoms with Crippen molar-refractivity contribution in [1.82, 2.24) is 9.80 Å². The van der Waals surface area contributed by atoms with Crippen LogP contribution >= 0.6 is 0 Å². The quantitative estimate of drug-likeness (QED) is 0.513. The van der Waals surface area contributed by atoms with E-state index in [-0.39, 0.29) is 30.1 Å². The van der Waals surface area contributed by atoms with Gasteiger partial charge in [-0.1, -0.05) is 12.1 Å². The van der Waals surface area contributed by atoms with Crippen LogP contribution in [0.1, 0.15) is 42.9 Å². The molecular formula is C27H30N2O5. The van der Waals surface area contributed by atoms with E-state index in [4.69, 9.17) is 13.9 Å². The smallest absolute Gasteiger partial charge is 0.303 e. The third kappa shape index (κ3) is 2.73. The van der Waals surface area contributed by atoms with Gasteiger partial charge in [-0.3, -0.25) is 14.5 Å². The van der Waals surface area contributed by atoms with Gasteiger partial charge in [0.15, 0.2) is 0 Å². The predicted molar refractivity (Wildman–Crippen MR) is 125 cm³/mol. The van der Waals surface area contributed by atoms with Crippen molar-refractivity contribution in [1.29, 1.82) is 0 Å². The van der Waals surface area contributed by atoms with Gasteiger partial charge in [-0.15, -0.1) is 0 Å². The van der Waals surface area contributed by atoms with Crippen molar-refractivity contribution in [3.8, 4) is 5.75 Å². The molecule has 0 radical (unpaired) electrons. The van der Waals surface area contributed by atoms with Gasteiger partial charge in [0.1, 0.15) is 17.5 Å². The number of likely N-dealkylation sites (N-methyl/N-ethyl adjacent to an activating group) is 2. The summed E-state index contributed by atoms with van der Waals surface area (Å²) in [5.41, 5.74) is 2.19. The first kappa shape index (κ1) is 21.5. The minimum Gasteiger partial charge on any atom is -0.487 e. The van der Waals surface area contributed by atoms with Crippen LogP contribution in [-0.2, 0) is 26.2 Å². The van der Waals surface area contributed by atoms with E-state index in [0.29, 0.717) is 12.8 Å². The molecule has 2 bridgehead atoms. The van der Waals surface area contributed by atoms with Crippen LogP contribution in [-0.4, -0.2) is 66.1 Å². The Morgan fingerprint density at radius 2 is 2.12 bits per heavy atom. The number of esters is 1. The lowest BCUT2D eigenvalue weighted by Crippen LogP contribution is -2.78. The fourth-order valence-corrected chi connectivity index (χ4v) is 7.34. The van der Waals surface area contributed by atoms with Crippen LogP contribution < -0.4 is 4.74 Å². The van der Waals surface area contributed by atoms with Gasteiger partial charge in [0.05, 0.1) is 30.0 Å². The molecule has 6 rings (SSSR count). The van der Waals surface area contributed by atoms with Crippen LogP contribution in [0.25, 0.3) is 6.08 Å². The Balaban J connectivity index is 1.44. The van der Waals surface area contributed by atoms with E-state index in [1.165, 1.54) is 18.1 Å². The molecule has 34 heavy (non-hydrogen) atoms. The minimum atomic E-state index is -0.664. The van der Waals surface area contributed by atoms with Gasteiger partial charge < -0.3 is 18.8 Å². The van der Waals surface area contributed by atoms with Crippen molar-refractivity contribution in [3.05, 3.63) is 59.6 Å². The van der Waals surface area contributed by atoms with E-state index in [1.807, 2.05) is 25.2 Å².